The van der Waals surface area contributed by atoms with Gasteiger partial charge in [0, 0.05) is 12.0 Å². The Morgan fingerprint density at radius 3 is 2.57 bits per heavy atom. The maximum absolute atomic E-state index is 5.89. The predicted octanol–water partition coefficient (Wildman–Crippen LogP) is 3.92. The van der Waals surface area contributed by atoms with Crippen molar-refractivity contribution in [1.82, 2.24) is 25.6 Å². The highest BCUT2D eigenvalue weighted by atomic mass is 16.5. The van der Waals surface area contributed by atoms with Gasteiger partial charge in [-0.15, -0.1) is 10.2 Å². The van der Waals surface area contributed by atoms with Crippen LogP contribution in [0, 0.1) is 6.92 Å². The van der Waals surface area contributed by atoms with Gasteiger partial charge in [-0.1, -0.05) is 35.5 Å². The van der Waals surface area contributed by atoms with E-state index in [-0.39, 0.29) is 0 Å². The van der Waals surface area contributed by atoms with Gasteiger partial charge < -0.3 is 9.15 Å². The largest absolute Gasteiger partial charge is 0.487 e. The second kappa shape index (κ2) is 8.47. The minimum atomic E-state index is 0.374. The highest BCUT2D eigenvalue weighted by Gasteiger charge is 2.11. The van der Waals surface area contributed by atoms with E-state index in [4.69, 9.17) is 9.15 Å². The average Bonchev–Trinajstić information content (AvgIpc) is 3.38. The van der Waals surface area contributed by atoms with E-state index in [9.17, 15) is 0 Å². The lowest BCUT2D eigenvalue weighted by Gasteiger charge is -2.06. The van der Waals surface area contributed by atoms with E-state index in [1.54, 1.807) is 0 Å². The number of aromatic amines is 1. The highest BCUT2D eigenvalue weighted by molar-refractivity contribution is 5.53. The van der Waals surface area contributed by atoms with Gasteiger partial charge in [0.05, 0.1) is 0 Å². The van der Waals surface area contributed by atoms with Crippen LogP contribution >= 0.6 is 0 Å². The molecule has 0 amide bonds. The molecular formula is C21H21N5O2. The smallest absolute Gasteiger partial charge is 0.226 e. The van der Waals surface area contributed by atoms with Crippen molar-refractivity contribution in [2.45, 2.75) is 32.8 Å². The van der Waals surface area contributed by atoms with Crippen LogP contribution in [0.4, 0.5) is 0 Å². The van der Waals surface area contributed by atoms with Crippen molar-refractivity contribution in [3.8, 4) is 17.2 Å². The molecule has 2 heterocycles. The molecule has 0 spiro atoms. The summed E-state index contributed by atoms with van der Waals surface area (Å²) >= 11 is 0. The fourth-order valence-electron chi connectivity index (χ4n) is 2.91. The SMILES string of the molecule is Cc1oc(-c2ccccc2)nc1COc1ccc(CCCc2nn[nH]n2)cc1. The number of hydrogen-bond donors (Lipinski definition) is 1. The maximum Gasteiger partial charge on any atom is 0.226 e. The first kappa shape index (κ1) is 17.9. The van der Waals surface area contributed by atoms with Crippen LogP contribution in [0.1, 0.15) is 29.3 Å². The second-order valence-electron chi connectivity index (χ2n) is 6.50. The first-order chi connectivity index (χ1) is 13.8. The minimum absolute atomic E-state index is 0.374. The lowest BCUT2D eigenvalue weighted by atomic mass is 10.1. The summed E-state index contributed by atoms with van der Waals surface area (Å²) in [5.41, 5.74) is 3.02. The maximum atomic E-state index is 5.89. The first-order valence-corrected chi connectivity index (χ1v) is 9.24. The van der Waals surface area contributed by atoms with Crippen LogP contribution in [0.2, 0.25) is 0 Å². The summed E-state index contributed by atoms with van der Waals surface area (Å²) in [6.07, 6.45) is 2.74. The summed E-state index contributed by atoms with van der Waals surface area (Å²) in [5.74, 6) is 2.95. The summed E-state index contributed by atoms with van der Waals surface area (Å²) in [5, 5.41) is 14.0. The first-order valence-electron chi connectivity index (χ1n) is 9.24. The number of nitrogens with zero attached hydrogens (tertiary/aromatic N) is 4. The van der Waals surface area contributed by atoms with Gasteiger partial charge in [-0.05, 0) is 49.6 Å². The molecule has 0 saturated carbocycles. The van der Waals surface area contributed by atoms with Crippen LogP contribution in [0.25, 0.3) is 11.5 Å². The summed E-state index contributed by atoms with van der Waals surface area (Å²) in [6.45, 7) is 2.28. The number of aromatic nitrogens is 5. The number of nitrogens with one attached hydrogen (secondary N) is 1. The molecule has 4 aromatic rings. The third-order valence-corrected chi connectivity index (χ3v) is 4.47. The van der Waals surface area contributed by atoms with Crippen LogP contribution in [0.15, 0.2) is 59.0 Å². The number of ether oxygens (including phenoxy) is 1. The molecule has 0 bridgehead atoms. The number of rotatable bonds is 8. The van der Waals surface area contributed by atoms with Crippen LogP contribution in [-0.4, -0.2) is 25.6 Å². The zero-order valence-electron chi connectivity index (χ0n) is 15.6. The van der Waals surface area contributed by atoms with Crippen molar-refractivity contribution >= 4 is 0 Å². The molecule has 0 aliphatic carbocycles. The van der Waals surface area contributed by atoms with Crippen LogP contribution in [0.3, 0.4) is 0 Å². The van der Waals surface area contributed by atoms with E-state index in [2.05, 4.69) is 37.7 Å². The van der Waals surface area contributed by atoms with Crippen LogP contribution in [0.5, 0.6) is 5.75 Å². The molecule has 0 atom stereocenters. The Morgan fingerprint density at radius 1 is 1.00 bits per heavy atom. The molecule has 1 N–H and O–H groups in total. The third kappa shape index (κ3) is 4.43. The number of benzene rings is 2. The molecule has 2 aromatic carbocycles. The van der Waals surface area contributed by atoms with Gasteiger partial charge in [0.25, 0.3) is 0 Å². The van der Waals surface area contributed by atoms with Gasteiger partial charge in [-0.3, -0.25) is 0 Å². The number of oxazole rings is 1. The molecule has 0 aliphatic rings. The van der Waals surface area contributed by atoms with Gasteiger partial charge in [0.1, 0.15) is 23.8 Å². The molecule has 2 aromatic heterocycles. The summed E-state index contributed by atoms with van der Waals surface area (Å²) < 4.78 is 11.7. The van der Waals surface area contributed by atoms with Crippen molar-refractivity contribution in [2.24, 2.45) is 0 Å². The van der Waals surface area contributed by atoms with Gasteiger partial charge in [0.15, 0.2) is 5.82 Å². The lowest BCUT2D eigenvalue weighted by Crippen LogP contribution is -1.98. The summed E-state index contributed by atoms with van der Waals surface area (Å²) in [7, 11) is 0. The molecule has 0 saturated heterocycles. The molecule has 0 aliphatic heterocycles. The fraction of sp³-hybridized carbons (Fsp3) is 0.238. The number of H-pyrrole nitrogens is 1. The Balaban J connectivity index is 1.31. The molecule has 0 radical (unpaired) electrons. The molecule has 0 fully saturated rings. The Hall–Kier alpha value is -3.48. The van der Waals surface area contributed by atoms with E-state index in [1.807, 2.05) is 49.4 Å². The van der Waals surface area contributed by atoms with Crippen molar-refractivity contribution < 1.29 is 9.15 Å². The summed E-state index contributed by atoms with van der Waals surface area (Å²) in [4.78, 5) is 4.57. The van der Waals surface area contributed by atoms with Crippen LogP contribution < -0.4 is 4.74 Å². The van der Waals surface area contributed by atoms with Gasteiger partial charge in [0.2, 0.25) is 5.89 Å². The van der Waals surface area contributed by atoms with E-state index in [0.29, 0.717) is 12.5 Å². The Morgan fingerprint density at radius 2 is 1.82 bits per heavy atom. The van der Waals surface area contributed by atoms with Crippen molar-refractivity contribution in [3.63, 3.8) is 0 Å². The van der Waals surface area contributed by atoms with Crippen molar-refractivity contribution in [1.29, 1.82) is 0 Å². The average molecular weight is 375 g/mol. The molecule has 4 rings (SSSR count). The van der Waals surface area contributed by atoms with Crippen molar-refractivity contribution in [3.05, 3.63) is 77.4 Å². The van der Waals surface area contributed by atoms with Gasteiger partial charge >= 0.3 is 0 Å². The van der Waals surface area contributed by atoms with Gasteiger partial charge in [-0.2, -0.15) is 5.21 Å². The number of tetrazole rings is 1. The number of aryl methyl sites for hydroxylation is 3. The highest BCUT2D eigenvalue weighted by Crippen LogP contribution is 2.23. The minimum Gasteiger partial charge on any atom is -0.487 e. The number of hydrogen-bond acceptors (Lipinski definition) is 6. The second-order valence-corrected chi connectivity index (χ2v) is 6.50. The van der Waals surface area contributed by atoms with E-state index in [0.717, 1.165) is 47.9 Å². The monoisotopic (exact) mass is 375 g/mol. The zero-order valence-corrected chi connectivity index (χ0v) is 15.6. The van der Waals surface area contributed by atoms with Crippen LogP contribution in [-0.2, 0) is 19.4 Å². The lowest BCUT2D eigenvalue weighted by molar-refractivity contribution is 0.299. The fourth-order valence-corrected chi connectivity index (χ4v) is 2.91. The molecule has 0 unspecified atom stereocenters. The third-order valence-electron chi connectivity index (χ3n) is 4.47. The predicted molar refractivity (Wildman–Crippen MR) is 104 cm³/mol. The Labute approximate surface area is 162 Å². The molecule has 142 valence electrons. The van der Waals surface area contributed by atoms with E-state index >= 15 is 0 Å². The quantitative estimate of drug-likeness (QED) is 0.502. The van der Waals surface area contributed by atoms with Gasteiger partial charge in [-0.25, -0.2) is 4.98 Å². The van der Waals surface area contributed by atoms with Crippen molar-refractivity contribution in [2.75, 3.05) is 0 Å². The standard InChI is InChI=1S/C21H21N5O2/c1-15-19(22-21(28-15)17-7-3-2-4-8-17)14-27-18-12-10-16(11-13-18)6-5-9-20-23-25-26-24-20/h2-4,7-8,10-13H,5-6,9,14H2,1H3,(H,23,24,25,26). The Kier molecular flexibility index (Phi) is 5.42. The summed E-state index contributed by atoms with van der Waals surface area (Å²) in [6, 6.07) is 18.0. The Bertz CT molecular complexity index is 995. The molecule has 7 nitrogen and oxygen atoms in total. The van der Waals surface area contributed by atoms with E-state index in [1.165, 1.54) is 5.56 Å². The zero-order chi connectivity index (χ0) is 19.2. The van der Waals surface area contributed by atoms with E-state index < -0.39 is 0 Å². The molecule has 28 heavy (non-hydrogen) atoms. The topological polar surface area (TPSA) is 89.7 Å². The molecule has 7 heteroatoms. The normalized spacial score (nSPS) is 10.9. The molecular weight excluding hydrogens is 354 g/mol.